The van der Waals surface area contributed by atoms with Crippen molar-refractivity contribution in [2.45, 2.75) is 26.8 Å². The number of amides is 1. The maximum Gasteiger partial charge on any atom is 0.265 e. The Balaban J connectivity index is 1.80. The first-order valence-electron chi connectivity index (χ1n) is 8.33. The van der Waals surface area contributed by atoms with E-state index in [0.717, 1.165) is 42.4 Å². The second kappa shape index (κ2) is 7.62. The van der Waals surface area contributed by atoms with Crippen molar-refractivity contribution < 1.29 is 4.79 Å². The van der Waals surface area contributed by atoms with Gasteiger partial charge in [-0.15, -0.1) is 11.3 Å². The zero-order chi connectivity index (χ0) is 18.1. The van der Waals surface area contributed by atoms with Crippen LogP contribution >= 0.6 is 34.5 Å². The lowest BCUT2D eigenvalue weighted by Gasteiger charge is -2.36. The molecule has 0 spiro atoms. The number of nitrogens with zero attached hydrogens (tertiary/aromatic N) is 3. The average molecular weight is 398 g/mol. The molecular formula is C18H21Cl2N3OS. The summed E-state index contributed by atoms with van der Waals surface area (Å²) in [6, 6.07) is 5.84. The molecule has 1 aliphatic heterocycles. The van der Waals surface area contributed by atoms with Crippen LogP contribution in [0.15, 0.2) is 18.2 Å². The first-order valence-corrected chi connectivity index (χ1v) is 9.90. The van der Waals surface area contributed by atoms with Crippen molar-refractivity contribution in [2.24, 2.45) is 0 Å². The fraction of sp³-hybridized carbons (Fsp3) is 0.444. The third-order valence-electron chi connectivity index (χ3n) is 4.48. The molecule has 0 bridgehead atoms. The lowest BCUT2D eigenvalue weighted by Crippen LogP contribution is -2.50. The summed E-state index contributed by atoms with van der Waals surface area (Å²) in [5.74, 6) is 0.0646. The molecule has 0 N–H and O–H groups in total. The largest absolute Gasteiger partial charge is 0.335 e. The average Bonchev–Trinajstić information content (AvgIpc) is 2.95. The Morgan fingerprint density at radius 1 is 1.20 bits per heavy atom. The number of thiazole rings is 1. The Kier molecular flexibility index (Phi) is 5.68. The second-order valence-electron chi connectivity index (χ2n) is 6.48. The molecule has 1 amide bonds. The van der Waals surface area contributed by atoms with Gasteiger partial charge in [0.2, 0.25) is 0 Å². The number of benzene rings is 1. The normalized spacial score (nSPS) is 15.8. The highest BCUT2D eigenvalue weighted by Crippen LogP contribution is 2.35. The Bertz CT molecular complexity index is 783. The highest BCUT2D eigenvalue weighted by Gasteiger charge is 2.26. The molecular weight excluding hydrogens is 377 g/mol. The van der Waals surface area contributed by atoms with Crippen molar-refractivity contribution in [3.05, 3.63) is 38.8 Å². The van der Waals surface area contributed by atoms with E-state index in [1.54, 1.807) is 12.1 Å². The van der Waals surface area contributed by atoms with Gasteiger partial charge in [-0.25, -0.2) is 4.98 Å². The van der Waals surface area contributed by atoms with E-state index in [0.29, 0.717) is 21.0 Å². The van der Waals surface area contributed by atoms with Crippen LogP contribution < -0.4 is 0 Å². The molecule has 0 radical (unpaired) electrons. The maximum absolute atomic E-state index is 12.9. The third kappa shape index (κ3) is 4.00. The van der Waals surface area contributed by atoms with Crippen molar-refractivity contribution >= 4 is 40.4 Å². The van der Waals surface area contributed by atoms with Crippen LogP contribution in [0, 0.1) is 6.92 Å². The van der Waals surface area contributed by atoms with Crippen LogP contribution in [0.25, 0.3) is 10.6 Å². The number of hydrogen-bond donors (Lipinski definition) is 0. The van der Waals surface area contributed by atoms with E-state index in [-0.39, 0.29) is 5.91 Å². The lowest BCUT2D eigenvalue weighted by molar-refractivity contribution is 0.0599. The fourth-order valence-electron chi connectivity index (χ4n) is 2.96. The molecule has 1 fully saturated rings. The first kappa shape index (κ1) is 18.6. The van der Waals surface area contributed by atoms with Gasteiger partial charge in [-0.3, -0.25) is 9.69 Å². The van der Waals surface area contributed by atoms with E-state index in [4.69, 9.17) is 23.2 Å². The molecule has 1 aromatic carbocycles. The van der Waals surface area contributed by atoms with Gasteiger partial charge >= 0.3 is 0 Å². The van der Waals surface area contributed by atoms with E-state index in [9.17, 15) is 4.79 Å². The van der Waals surface area contributed by atoms with Crippen molar-refractivity contribution in [3.63, 3.8) is 0 Å². The Hall–Kier alpha value is -1.14. The molecule has 0 atom stereocenters. The molecule has 25 heavy (non-hydrogen) atoms. The zero-order valence-electron chi connectivity index (χ0n) is 14.6. The number of aryl methyl sites for hydroxylation is 1. The summed E-state index contributed by atoms with van der Waals surface area (Å²) >= 11 is 13.6. The van der Waals surface area contributed by atoms with Gasteiger partial charge in [0.25, 0.3) is 5.91 Å². The number of rotatable bonds is 3. The molecule has 1 saturated heterocycles. The van der Waals surface area contributed by atoms with Crippen LogP contribution in [0.5, 0.6) is 0 Å². The summed E-state index contributed by atoms with van der Waals surface area (Å²) in [4.78, 5) is 22.5. The summed E-state index contributed by atoms with van der Waals surface area (Å²) < 4.78 is 0. The van der Waals surface area contributed by atoms with Gasteiger partial charge in [0.1, 0.15) is 9.88 Å². The molecule has 3 rings (SSSR count). The number of carbonyl (C=O) groups is 1. The van der Waals surface area contributed by atoms with Crippen LogP contribution in [0.4, 0.5) is 0 Å². The SMILES string of the molecule is Cc1nc(-c2ccc(Cl)cc2Cl)sc1C(=O)N1CCN(C(C)C)CC1. The third-order valence-corrected chi connectivity index (χ3v) is 6.21. The van der Waals surface area contributed by atoms with Gasteiger partial charge < -0.3 is 4.90 Å². The topological polar surface area (TPSA) is 36.4 Å². The van der Waals surface area contributed by atoms with Crippen molar-refractivity contribution in [1.82, 2.24) is 14.8 Å². The van der Waals surface area contributed by atoms with Gasteiger partial charge in [0, 0.05) is 42.8 Å². The number of carbonyl (C=O) groups excluding carboxylic acids is 1. The van der Waals surface area contributed by atoms with Gasteiger partial charge in [0.15, 0.2) is 0 Å². The monoisotopic (exact) mass is 397 g/mol. The number of hydrogen-bond acceptors (Lipinski definition) is 4. The minimum absolute atomic E-state index is 0.0646. The molecule has 2 aromatic rings. The fourth-order valence-corrected chi connectivity index (χ4v) is 4.59. The summed E-state index contributed by atoms with van der Waals surface area (Å²) in [7, 11) is 0. The summed E-state index contributed by atoms with van der Waals surface area (Å²) in [5, 5.41) is 1.88. The molecule has 7 heteroatoms. The maximum atomic E-state index is 12.9. The molecule has 0 aliphatic carbocycles. The molecule has 0 unspecified atom stereocenters. The summed E-state index contributed by atoms with van der Waals surface area (Å²) in [6.45, 7) is 9.59. The van der Waals surface area contributed by atoms with Gasteiger partial charge in [0.05, 0.1) is 10.7 Å². The first-order chi connectivity index (χ1) is 11.9. The van der Waals surface area contributed by atoms with Crippen LogP contribution in [-0.4, -0.2) is 52.9 Å². The van der Waals surface area contributed by atoms with Crippen molar-refractivity contribution in [3.8, 4) is 10.6 Å². The minimum Gasteiger partial charge on any atom is -0.335 e. The molecule has 0 saturated carbocycles. The number of aromatic nitrogens is 1. The number of halogens is 2. The summed E-state index contributed by atoms with van der Waals surface area (Å²) in [6.07, 6.45) is 0. The Morgan fingerprint density at radius 2 is 1.88 bits per heavy atom. The predicted molar refractivity (Wildman–Crippen MR) is 105 cm³/mol. The quantitative estimate of drug-likeness (QED) is 0.759. The molecule has 2 heterocycles. The predicted octanol–water partition coefficient (Wildman–Crippen LogP) is 4.59. The lowest BCUT2D eigenvalue weighted by atomic mass is 10.2. The Morgan fingerprint density at radius 3 is 2.48 bits per heavy atom. The molecule has 4 nitrogen and oxygen atoms in total. The van der Waals surface area contributed by atoms with Crippen LogP contribution in [0.1, 0.15) is 29.2 Å². The van der Waals surface area contributed by atoms with Gasteiger partial charge in [-0.1, -0.05) is 23.2 Å². The molecule has 1 aromatic heterocycles. The van der Waals surface area contributed by atoms with E-state index in [1.807, 2.05) is 17.9 Å². The molecule has 134 valence electrons. The molecule has 1 aliphatic rings. The highest BCUT2D eigenvalue weighted by molar-refractivity contribution is 7.17. The van der Waals surface area contributed by atoms with Crippen LogP contribution in [-0.2, 0) is 0 Å². The minimum atomic E-state index is 0.0646. The van der Waals surface area contributed by atoms with E-state index >= 15 is 0 Å². The highest BCUT2D eigenvalue weighted by atomic mass is 35.5. The van der Waals surface area contributed by atoms with Crippen LogP contribution in [0.2, 0.25) is 10.0 Å². The smallest absolute Gasteiger partial charge is 0.265 e. The van der Waals surface area contributed by atoms with Gasteiger partial charge in [-0.05, 0) is 39.0 Å². The standard InChI is InChI=1S/C18H21Cl2N3OS/c1-11(2)22-6-8-23(9-7-22)18(24)16-12(3)21-17(25-16)14-5-4-13(19)10-15(14)20/h4-5,10-11H,6-9H2,1-3H3. The van der Waals surface area contributed by atoms with Crippen molar-refractivity contribution in [1.29, 1.82) is 0 Å². The van der Waals surface area contributed by atoms with Gasteiger partial charge in [-0.2, -0.15) is 0 Å². The van der Waals surface area contributed by atoms with E-state index in [2.05, 4.69) is 23.7 Å². The zero-order valence-corrected chi connectivity index (χ0v) is 16.9. The van der Waals surface area contributed by atoms with Crippen LogP contribution in [0.3, 0.4) is 0 Å². The second-order valence-corrected chi connectivity index (χ2v) is 8.32. The number of piperazine rings is 1. The van der Waals surface area contributed by atoms with E-state index < -0.39 is 0 Å². The Labute approximate surface area is 162 Å². The van der Waals surface area contributed by atoms with Crippen molar-refractivity contribution in [2.75, 3.05) is 26.2 Å². The van der Waals surface area contributed by atoms with E-state index in [1.165, 1.54) is 11.3 Å². The summed E-state index contributed by atoms with van der Waals surface area (Å²) in [5.41, 5.74) is 1.56.